The van der Waals surface area contributed by atoms with Gasteiger partial charge in [-0.1, -0.05) is 30.3 Å². The number of carbonyl (C=O) groups is 1. The molecule has 35 heavy (non-hydrogen) atoms. The van der Waals surface area contributed by atoms with Crippen molar-refractivity contribution in [2.45, 2.75) is 44.2 Å². The van der Waals surface area contributed by atoms with Crippen molar-refractivity contribution >= 4 is 17.3 Å². The van der Waals surface area contributed by atoms with Gasteiger partial charge in [-0.05, 0) is 44.0 Å². The molecular weight excluding hydrogens is 447 g/mol. The first-order valence-corrected chi connectivity index (χ1v) is 12.4. The lowest BCUT2D eigenvalue weighted by molar-refractivity contribution is -0.130. The molecule has 1 fully saturated rings. The summed E-state index contributed by atoms with van der Waals surface area (Å²) in [6.45, 7) is 7.90. The Bertz CT molecular complexity index is 1100. The molecule has 0 spiro atoms. The van der Waals surface area contributed by atoms with Crippen LogP contribution in [0.4, 0.5) is 10.1 Å². The van der Waals surface area contributed by atoms with Crippen molar-refractivity contribution in [2.75, 3.05) is 44.3 Å². The number of carbonyl (C=O) groups excluding carboxylic acids is 1. The van der Waals surface area contributed by atoms with Crippen LogP contribution in [-0.2, 0) is 10.2 Å². The van der Waals surface area contributed by atoms with E-state index in [1.807, 2.05) is 28.1 Å². The number of anilines is 1. The molecule has 0 aliphatic carbocycles. The number of fused-ring (bicyclic) bond motifs is 3. The van der Waals surface area contributed by atoms with Crippen LogP contribution in [-0.4, -0.2) is 78.0 Å². The maximum absolute atomic E-state index is 14.2. The van der Waals surface area contributed by atoms with Gasteiger partial charge in [0.2, 0.25) is 5.91 Å². The van der Waals surface area contributed by atoms with Crippen molar-refractivity contribution in [1.29, 1.82) is 0 Å². The first-order valence-electron chi connectivity index (χ1n) is 12.4. The van der Waals surface area contributed by atoms with E-state index in [2.05, 4.69) is 17.0 Å². The highest BCUT2D eigenvalue weighted by Gasteiger charge is 2.55. The highest BCUT2D eigenvalue weighted by Crippen LogP contribution is 2.49. The van der Waals surface area contributed by atoms with Gasteiger partial charge in [-0.2, -0.15) is 5.10 Å². The molecule has 3 aliphatic heterocycles. The number of rotatable bonds is 6. The van der Waals surface area contributed by atoms with Crippen LogP contribution in [0.15, 0.2) is 53.6 Å². The fraction of sp³-hybridized carbons (Fsp3) is 0.481. The lowest BCUT2D eigenvalue weighted by Gasteiger charge is -2.42. The number of hydrogen-bond acceptors (Lipinski definition) is 6. The van der Waals surface area contributed by atoms with Crippen LogP contribution in [0.3, 0.4) is 0 Å². The molecule has 1 amide bonds. The molecule has 5 rings (SSSR count). The molecule has 7 nitrogen and oxygen atoms in total. The average molecular weight is 481 g/mol. The molecule has 1 unspecified atom stereocenters. The summed E-state index contributed by atoms with van der Waals surface area (Å²) < 4.78 is 20.3. The zero-order chi connectivity index (χ0) is 24.6. The van der Waals surface area contributed by atoms with E-state index in [0.717, 1.165) is 51.1 Å². The van der Waals surface area contributed by atoms with Gasteiger partial charge in [0.05, 0.1) is 17.2 Å². The van der Waals surface area contributed by atoms with E-state index in [-0.39, 0.29) is 17.8 Å². The van der Waals surface area contributed by atoms with Crippen molar-refractivity contribution in [3.63, 3.8) is 0 Å². The van der Waals surface area contributed by atoms with E-state index in [9.17, 15) is 14.3 Å². The van der Waals surface area contributed by atoms with Gasteiger partial charge < -0.3 is 14.7 Å². The number of aliphatic hydroxyl groups excluding tert-OH is 1. The van der Waals surface area contributed by atoms with Gasteiger partial charge >= 0.3 is 0 Å². The molecule has 3 aliphatic rings. The summed E-state index contributed by atoms with van der Waals surface area (Å²) in [5.74, 6) is 0.387. The summed E-state index contributed by atoms with van der Waals surface area (Å²) in [6, 6.07) is 14.5. The lowest BCUT2D eigenvalue weighted by atomic mass is 9.66. The van der Waals surface area contributed by atoms with Crippen molar-refractivity contribution in [2.24, 2.45) is 5.10 Å². The summed E-state index contributed by atoms with van der Waals surface area (Å²) in [5.41, 5.74) is 1.80. The molecule has 0 bridgehead atoms. The molecule has 2 aromatic carbocycles. The first kappa shape index (κ1) is 23.8. The zero-order valence-corrected chi connectivity index (χ0v) is 20.4. The number of ether oxygens (including phenoxy) is 1. The predicted octanol–water partition coefficient (Wildman–Crippen LogP) is 3.03. The summed E-state index contributed by atoms with van der Waals surface area (Å²) >= 11 is 0. The van der Waals surface area contributed by atoms with E-state index in [1.165, 1.54) is 12.1 Å². The molecular formula is C27H33FN4O3. The van der Waals surface area contributed by atoms with Crippen LogP contribution in [0, 0.1) is 5.82 Å². The predicted molar refractivity (Wildman–Crippen MR) is 133 cm³/mol. The Balaban J connectivity index is 1.44. The molecule has 0 saturated carbocycles. The minimum absolute atomic E-state index is 0.130. The van der Waals surface area contributed by atoms with Gasteiger partial charge in [-0.25, -0.2) is 4.39 Å². The van der Waals surface area contributed by atoms with E-state index in [0.29, 0.717) is 23.8 Å². The summed E-state index contributed by atoms with van der Waals surface area (Å²) in [6.07, 6.45) is 0.890. The fourth-order valence-electron chi connectivity index (χ4n) is 5.89. The van der Waals surface area contributed by atoms with E-state index in [1.54, 1.807) is 19.9 Å². The van der Waals surface area contributed by atoms with Gasteiger partial charge in [-0.3, -0.25) is 14.7 Å². The monoisotopic (exact) mass is 480 g/mol. The van der Waals surface area contributed by atoms with E-state index >= 15 is 0 Å². The zero-order valence-electron chi connectivity index (χ0n) is 20.4. The quantitative estimate of drug-likeness (QED) is 0.689. The molecule has 3 atom stereocenters. The van der Waals surface area contributed by atoms with Crippen molar-refractivity contribution in [1.82, 2.24) is 9.80 Å². The highest BCUT2D eigenvalue weighted by molar-refractivity contribution is 6.02. The second kappa shape index (κ2) is 9.59. The number of nitrogens with zero attached hydrogens (tertiary/aromatic N) is 4. The molecule has 8 heteroatoms. The number of benzene rings is 2. The Labute approximate surface area is 205 Å². The highest BCUT2D eigenvalue weighted by atomic mass is 19.1. The Morgan fingerprint density at radius 3 is 2.63 bits per heavy atom. The first-order chi connectivity index (χ1) is 16.9. The topological polar surface area (TPSA) is 68.6 Å². The average Bonchev–Trinajstić information content (AvgIpc) is 3.21. The Hall–Kier alpha value is -2.97. The van der Waals surface area contributed by atoms with E-state index in [4.69, 9.17) is 9.84 Å². The molecule has 1 N–H and O–H groups in total. The molecule has 0 aromatic heterocycles. The third kappa shape index (κ3) is 4.29. The molecule has 2 aromatic rings. The second-order valence-electron chi connectivity index (χ2n) is 9.73. The van der Waals surface area contributed by atoms with Gasteiger partial charge in [0.25, 0.3) is 0 Å². The summed E-state index contributed by atoms with van der Waals surface area (Å²) in [4.78, 5) is 16.0. The largest absolute Gasteiger partial charge is 0.489 e. The smallest absolute Gasteiger partial charge is 0.219 e. The maximum atomic E-state index is 14.2. The normalized spacial score (nSPS) is 24.9. The minimum Gasteiger partial charge on any atom is -0.489 e. The fourth-order valence-corrected chi connectivity index (χ4v) is 5.89. The lowest BCUT2D eigenvalue weighted by Crippen LogP contribution is -2.54. The van der Waals surface area contributed by atoms with Crippen LogP contribution in [0.2, 0.25) is 0 Å². The number of amides is 1. The Kier molecular flexibility index (Phi) is 6.51. The van der Waals surface area contributed by atoms with Gasteiger partial charge in [0.15, 0.2) is 0 Å². The number of hydrogen-bond donors (Lipinski definition) is 1. The SMILES string of the molecule is CC(=O)N1CCN(CCC[C@]2(c3ccccc3)C([C@H](C)O)=NN3c4cc(F)ccc4OCC32)CC1. The van der Waals surface area contributed by atoms with Crippen LogP contribution in [0.5, 0.6) is 5.75 Å². The molecule has 3 heterocycles. The standard InChI is InChI=1S/C27H33FN4O3/c1-19(33)26-27(21-7-4-3-5-8-21,11-6-12-30-13-15-31(16-14-30)20(2)34)25-18-35-24-10-9-22(28)17-23(24)32(25)29-26/h3-5,7-10,17,19,25,33H,6,11-16,18H2,1-2H3/t19-,25?,27+/m0/s1. The Morgan fingerprint density at radius 1 is 1.20 bits per heavy atom. The van der Waals surface area contributed by atoms with Crippen molar-refractivity contribution in [3.05, 3.63) is 59.9 Å². The van der Waals surface area contributed by atoms with Crippen molar-refractivity contribution in [3.8, 4) is 5.75 Å². The third-order valence-electron chi connectivity index (χ3n) is 7.65. The van der Waals surface area contributed by atoms with Crippen LogP contribution in [0.25, 0.3) is 0 Å². The number of piperazine rings is 1. The van der Waals surface area contributed by atoms with Crippen LogP contribution >= 0.6 is 0 Å². The van der Waals surface area contributed by atoms with Gasteiger partial charge in [-0.15, -0.1) is 0 Å². The van der Waals surface area contributed by atoms with E-state index < -0.39 is 11.5 Å². The maximum Gasteiger partial charge on any atom is 0.219 e. The number of aliphatic hydroxyl groups is 1. The third-order valence-corrected chi connectivity index (χ3v) is 7.65. The van der Waals surface area contributed by atoms with Crippen molar-refractivity contribution < 1.29 is 19.0 Å². The number of hydrazone groups is 1. The minimum atomic E-state index is -0.767. The van der Waals surface area contributed by atoms with Crippen LogP contribution in [0.1, 0.15) is 32.3 Å². The van der Waals surface area contributed by atoms with Gasteiger partial charge in [0.1, 0.15) is 29.9 Å². The second-order valence-corrected chi connectivity index (χ2v) is 9.73. The molecule has 186 valence electrons. The number of halogens is 1. The Morgan fingerprint density at radius 2 is 1.94 bits per heavy atom. The summed E-state index contributed by atoms with van der Waals surface area (Å²) in [5, 5.41) is 17.7. The van der Waals surface area contributed by atoms with Gasteiger partial charge in [0, 0.05) is 39.2 Å². The molecule has 0 radical (unpaired) electrons. The summed E-state index contributed by atoms with van der Waals surface area (Å²) in [7, 11) is 0. The molecule has 1 saturated heterocycles. The van der Waals surface area contributed by atoms with Crippen LogP contribution < -0.4 is 9.75 Å².